The fourth-order valence-corrected chi connectivity index (χ4v) is 3.62. The van der Waals surface area contributed by atoms with E-state index >= 15 is 0 Å². The summed E-state index contributed by atoms with van der Waals surface area (Å²) in [7, 11) is 0. The van der Waals surface area contributed by atoms with Gasteiger partial charge in [0.25, 0.3) is 0 Å². The van der Waals surface area contributed by atoms with Crippen LogP contribution in [0.5, 0.6) is 0 Å². The number of ether oxygens (including phenoxy) is 3. The van der Waals surface area contributed by atoms with Crippen molar-refractivity contribution >= 4 is 11.8 Å². The van der Waals surface area contributed by atoms with Crippen LogP contribution in [-0.4, -0.2) is 112 Å². The van der Waals surface area contributed by atoms with Crippen LogP contribution in [0.1, 0.15) is 20.8 Å². The molecule has 0 radical (unpaired) electrons. The van der Waals surface area contributed by atoms with Crippen LogP contribution in [0.2, 0.25) is 0 Å². The summed E-state index contributed by atoms with van der Waals surface area (Å²) in [6.07, 6.45) is -9.81. The molecular weight excluding hydrogens is 392 g/mol. The third-order valence-corrected chi connectivity index (χ3v) is 5.06. The largest absolute Gasteiger partial charge is 0.394 e. The zero-order chi connectivity index (χ0) is 21.9. The smallest absolute Gasteiger partial charge is 0.217 e. The Morgan fingerprint density at radius 1 is 0.862 bits per heavy atom. The van der Waals surface area contributed by atoms with Gasteiger partial charge in [0.15, 0.2) is 6.29 Å². The Balaban J connectivity index is 2.31. The van der Waals surface area contributed by atoms with Crippen LogP contribution in [0.3, 0.4) is 0 Å². The maximum absolute atomic E-state index is 11.6. The third-order valence-electron chi connectivity index (χ3n) is 5.06. The summed E-state index contributed by atoms with van der Waals surface area (Å²) in [5.74, 6) is -0.950. The van der Waals surface area contributed by atoms with E-state index in [4.69, 9.17) is 14.2 Å². The molecule has 2 rings (SSSR count). The van der Waals surface area contributed by atoms with Crippen LogP contribution in [0.4, 0.5) is 0 Å². The molecule has 0 aliphatic carbocycles. The summed E-state index contributed by atoms with van der Waals surface area (Å²) < 4.78 is 16.9. The summed E-state index contributed by atoms with van der Waals surface area (Å²) in [5, 5.41) is 55.0. The van der Waals surface area contributed by atoms with Crippen molar-refractivity contribution in [2.75, 3.05) is 13.2 Å². The molecule has 12 nitrogen and oxygen atoms in total. The lowest BCUT2D eigenvalue weighted by molar-refractivity contribution is -0.308. The number of amides is 2. The standard InChI is InChI=1S/C17H30N2O10/c1-6-11(18-7(2)22)16(14(25)10(5-21)27-6)29-17-12(19-8(3)23)15(26)13(24)9(4-20)28-17/h6,9-17,20-21,24-26H,4-5H2,1-3H3,(H,18,22)(H,19,23)/t6-,9?,10?,11?,12?,13-,14-,15+,16+,17-/m0/s1. The zero-order valence-corrected chi connectivity index (χ0v) is 16.5. The van der Waals surface area contributed by atoms with E-state index in [2.05, 4.69) is 10.6 Å². The maximum Gasteiger partial charge on any atom is 0.217 e. The summed E-state index contributed by atoms with van der Waals surface area (Å²) in [6, 6.07) is -2.07. The Morgan fingerprint density at radius 2 is 1.38 bits per heavy atom. The van der Waals surface area contributed by atoms with E-state index in [0.29, 0.717) is 0 Å². The van der Waals surface area contributed by atoms with Crippen LogP contribution in [0.25, 0.3) is 0 Å². The fourth-order valence-electron chi connectivity index (χ4n) is 3.62. The average molecular weight is 422 g/mol. The zero-order valence-electron chi connectivity index (χ0n) is 16.5. The van der Waals surface area contributed by atoms with Gasteiger partial charge in [-0.15, -0.1) is 0 Å². The molecule has 2 amide bonds. The molecule has 0 spiro atoms. The number of aliphatic hydroxyl groups excluding tert-OH is 5. The Hall–Kier alpha value is -1.38. The van der Waals surface area contributed by atoms with E-state index in [1.54, 1.807) is 6.92 Å². The Bertz CT molecular complexity index is 578. The topological polar surface area (TPSA) is 187 Å². The van der Waals surface area contributed by atoms with E-state index in [1.807, 2.05) is 0 Å². The van der Waals surface area contributed by atoms with Gasteiger partial charge in [-0.05, 0) is 6.92 Å². The molecule has 0 aromatic carbocycles. The SMILES string of the molecule is CC(=O)NC1[C@H](O[C@@H]2C(NC(C)=O)[C@H](C)OC(CO)[C@@H]2O)OC(CO)[C@H](O)[C@@H]1O. The highest BCUT2D eigenvalue weighted by molar-refractivity contribution is 5.73. The molecule has 0 bridgehead atoms. The minimum absolute atomic E-state index is 0.416. The average Bonchev–Trinajstić information content (AvgIpc) is 2.65. The number of aliphatic hydroxyl groups is 5. The third kappa shape index (κ3) is 5.41. The van der Waals surface area contributed by atoms with Crippen LogP contribution in [-0.2, 0) is 23.8 Å². The number of hydrogen-bond donors (Lipinski definition) is 7. The van der Waals surface area contributed by atoms with Crippen LogP contribution < -0.4 is 10.6 Å². The van der Waals surface area contributed by atoms with Gasteiger partial charge in [-0.25, -0.2) is 0 Å². The molecule has 4 unspecified atom stereocenters. The first-order chi connectivity index (χ1) is 13.6. The number of nitrogens with one attached hydrogen (secondary N) is 2. The van der Waals surface area contributed by atoms with Gasteiger partial charge in [-0.2, -0.15) is 0 Å². The van der Waals surface area contributed by atoms with E-state index in [1.165, 1.54) is 13.8 Å². The van der Waals surface area contributed by atoms with Gasteiger partial charge in [-0.1, -0.05) is 0 Å². The normalized spacial score (nSPS) is 42.9. The van der Waals surface area contributed by atoms with Crippen molar-refractivity contribution in [1.29, 1.82) is 0 Å². The predicted octanol–water partition coefficient (Wildman–Crippen LogP) is -4.04. The molecule has 168 valence electrons. The second-order valence-corrected chi connectivity index (χ2v) is 7.31. The molecule has 0 aromatic heterocycles. The van der Waals surface area contributed by atoms with Crippen molar-refractivity contribution in [2.24, 2.45) is 0 Å². The van der Waals surface area contributed by atoms with Crippen molar-refractivity contribution in [1.82, 2.24) is 10.6 Å². The Morgan fingerprint density at radius 3 is 1.90 bits per heavy atom. The fraction of sp³-hybridized carbons (Fsp3) is 0.882. The van der Waals surface area contributed by atoms with Crippen molar-refractivity contribution in [3.05, 3.63) is 0 Å². The number of rotatable bonds is 6. The predicted molar refractivity (Wildman–Crippen MR) is 95.3 cm³/mol. The highest BCUT2D eigenvalue weighted by Gasteiger charge is 2.50. The monoisotopic (exact) mass is 422 g/mol. The molecule has 2 aliphatic rings. The second-order valence-electron chi connectivity index (χ2n) is 7.31. The van der Waals surface area contributed by atoms with Crippen LogP contribution in [0, 0.1) is 0 Å². The molecule has 2 fully saturated rings. The van der Waals surface area contributed by atoms with Crippen molar-refractivity contribution in [2.45, 2.75) is 81.9 Å². The molecule has 7 N–H and O–H groups in total. The molecular formula is C17H30N2O10. The Kier molecular flexibility index (Phi) is 8.31. The second kappa shape index (κ2) is 10.1. The van der Waals surface area contributed by atoms with Gasteiger partial charge < -0.3 is 50.4 Å². The van der Waals surface area contributed by atoms with E-state index in [0.717, 1.165) is 0 Å². The number of hydrogen-bond acceptors (Lipinski definition) is 10. The van der Waals surface area contributed by atoms with Crippen LogP contribution >= 0.6 is 0 Å². The van der Waals surface area contributed by atoms with Crippen molar-refractivity contribution < 1.29 is 49.3 Å². The van der Waals surface area contributed by atoms with Crippen LogP contribution in [0.15, 0.2) is 0 Å². The van der Waals surface area contributed by atoms with Gasteiger partial charge in [0.1, 0.15) is 42.7 Å². The van der Waals surface area contributed by atoms with Gasteiger partial charge in [0.2, 0.25) is 11.8 Å². The molecule has 0 aromatic rings. The molecule has 12 heteroatoms. The molecule has 10 atom stereocenters. The minimum Gasteiger partial charge on any atom is -0.394 e. The molecule has 0 saturated carbocycles. The summed E-state index contributed by atoms with van der Waals surface area (Å²) >= 11 is 0. The first-order valence-corrected chi connectivity index (χ1v) is 9.37. The van der Waals surface area contributed by atoms with Crippen molar-refractivity contribution in [3.8, 4) is 0 Å². The van der Waals surface area contributed by atoms with Gasteiger partial charge in [-0.3, -0.25) is 9.59 Å². The highest BCUT2D eigenvalue weighted by Crippen LogP contribution is 2.29. The lowest BCUT2D eigenvalue weighted by Crippen LogP contribution is -2.69. The van der Waals surface area contributed by atoms with Crippen molar-refractivity contribution in [3.63, 3.8) is 0 Å². The quantitative estimate of drug-likeness (QED) is 0.222. The lowest BCUT2D eigenvalue weighted by Gasteiger charge is -2.48. The molecule has 2 heterocycles. The lowest BCUT2D eigenvalue weighted by atomic mass is 9.92. The molecule has 2 aliphatic heterocycles. The summed E-state index contributed by atoms with van der Waals surface area (Å²) in [6.45, 7) is 2.94. The Labute approximate surface area is 167 Å². The minimum atomic E-state index is -1.53. The van der Waals surface area contributed by atoms with E-state index in [9.17, 15) is 35.1 Å². The molecule has 2 saturated heterocycles. The summed E-state index contributed by atoms with van der Waals surface area (Å²) in [4.78, 5) is 23.2. The van der Waals surface area contributed by atoms with E-state index in [-0.39, 0.29) is 0 Å². The highest BCUT2D eigenvalue weighted by atomic mass is 16.7. The maximum atomic E-state index is 11.6. The molecule has 29 heavy (non-hydrogen) atoms. The van der Waals surface area contributed by atoms with E-state index < -0.39 is 86.1 Å². The van der Waals surface area contributed by atoms with Gasteiger partial charge >= 0.3 is 0 Å². The van der Waals surface area contributed by atoms with Gasteiger partial charge in [0.05, 0.1) is 25.4 Å². The summed E-state index contributed by atoms with van der Waals surface area (Å²) in [5.41, 5.74) is 0. The first kappa shape index (κ1) is 23.9. The van der Waals surface area contributed by atoms with Gasteiger partial charge in [0, 0.05) is 13.8 Å². The number of carbonyl (C=O) groups is 2. The number of carbonyl (C=O) groups excluding carboxylic acids is 2. The first-order valence-electron chi connectivity index (χ1n) is 9.37.